The van der Waals surface area contributed by atoms with Gasteiger partial charge in [-0.15, -0.1) is 0 Å². The van der Waals surface area contributed by atoms with E-state index in [0.29, 0.717) is 0 Å². The number of hydrogen-bond donors (Lipinski definition) is 3. The molecule has 1 amide bonds. The van der Waals surface area contributed by atoms with Crippen molar-refractivity contribution in [2.45, 2.75) is 50.6 Å². The van der Waals surface area contributed by atoms with Crippen LogP contribution in [0.15, 0.2) is 29.2 Å². The molecule has 1 unspecified atom stereocenters. The summed E-state index contributed by atoms with van der Waals surface area (Å²) in [6, 6.07) is 5.07. The van der Waals surface area contributed by atoms with Gasteiger partial charge in [0.25, 0.3) is 5.91 Å². The Bertz CT molecular complexity index is 682. The van der Waals surface area contributed by atoms with E-state index in [1.807, 2.05) is 0 Å². The van der Waals surface area contributed by atoms with Crippen LogP contribution in [0.2, 0.25) is 0 Å². The van der Waals surface area contributed by atoms with Gasteiger partial charge in [0.2, 0.25) is 10.0 Å². The number of carbonyl (C=O) groups excluding carboxylic acids is 1. The number of amides is 1. The highest BCUT2D eigenvalue weighted by Crippen LogP contribution is 2.14. The molecule has 0 fully saturated rings. The lowest BCUT2D eigenvalue weighted by Crippen LogP contribution is -2.51. The first-order valence-corrected chi connectivity index (χ1v) is 8.68. The van der Waals surface area contributed by atoms with E-state index in [1.54, 1.807) is 20.8 Å². The van der Waals surface area contributed by atoms with Gasteiger partial charge in [-0.25, -0.2) is 17.9 Å². The molecule has 0 heterocycles. The SMILES string of the molecule is CCC(C)(NC(=O)c1ccc(S(=O)(=O)NC(C)C)cc1)C(=O)O. The second-order valence-electron chi connectivity index (χ2n) is 5.75. The van der Waals surface area contributed by atoms with Crippen LogP contribution in [-0.2, 0) is 14.8 Å². The third-order valence-electron chi connectivity index (χ3n) is 3.39. The lowest BCUT2D eigenvalue weighted by atomic mass is 9.98. The highest BCUT2D eigenvalue weighted by molar-refractivity contribution is 7.89. The molecule has 1 aromatic carbocycles. The molecule has 8 heteroatoms. The second-order valence-corrected chi connectivity index (χ2v) is 7.46. The van der Waals surface area contributed by atoms with Crippen LogP contribution in [-0.4, -0.2) is 37.0 Å². The summed E-state index contributed by atoms with van der Waals surface area (Å²) in [6.45, 7) is 6.48. The maximum absolute atomic E-state index is 12.1. The normalized spacial score (nSPS) is 14.3. The molecule has 0 bridgehead atoms. The van der Waals surface area contributed by atoms with Gasteiger partial charge in [-0.2, -0.15) is 0 Å². The Labute approximate surface area is 136 Å². The van der Waals surface area contributed by atoms with Crippen molar-refractivity contribution in [3.8, 4) is 0 Å². The molecule has 0 saturated heterocycles. The van der Waals surface area contributed by atoms with Crippen molar-refractivity contribution >= 4 is 21.9 Å². The quantitative estimate of drug-likeness (QED) is 0.692. The first-order chi connectivity index (χ1) is 10.5. The predicted molar refractivity (Wildman–Crippen MR) is 85.7 cm³/mol. The molecule has 0 aromatic heterocycles. The van der Waals surface area contributed by atoms with Crippen LogP contribution < -0.4 is 10.0 Å². The van der Waals surface area contributed by atoms with Gasteiger partial charge in [-0.1, -0.05) is 6.92 Å². The molecule has 128 valence electrons. The molecule has 7 nitrogen and oxygen atoms in total. The molecule has 3 N–H and O–H groups in total. The number of hydrogen-bond acceptors (Lipinski definition) is 4. The maximum atomic E-state index is 12.1. The molecule has 1 aromatic rings. The Morgan fingerprint density at radius 2 is 1.74 bits per heavy atom. The Hall–Kier alpha value is -1.93. The minimum absolute atomic E-state index is 0.0410. The number of sulfonamides is 1. The van der Waals surface area contributed by atoms with Crippen LogP contribution in [0.25, 0.3) is 0 Å². The number of nitrogens with one attached hydrogen (secondary N) is 2. The smallest absolute Gasteiger partial charge is 0.329 e. The fraction of sp³-hybridized carbons (Fsp3) is 0.467. The summed E-state index contributed by atoms with van der Waals surface area (Å²) >= 11 is 0. The third-order valence-corrected chi connectivity index (χ3v) is 5.06. The lowest BCUT2D eigenvalue weighted by molar-refractivity contribution is -0.143. The van der Waals surface area contributed by atoms with Crippen molar-refractivity contribution in [1.29, 1.82) is 0 Å². The minimum atomic E-state index is -3.63. The fourth-order valence-corrected chi connectivity index (χ4v) is 3.03. The molecule has 1 rings (SSSR count). The average molecular weight is 342 g/mol. The molecular weight excluding hydrogens is 320 g/mol. The monoisotopic (exact) mass is 342 g/mol. The van der Waals surface area contributed by atoms with Gasteiger partial charge < -0.3 is 10.4 Å². The second kappa shape index (κ2) is 7.10. The van der Waals surface area contributed by atoms with E-state index in [4.69, 9.17) is 5.11 Å². The van der Waals surface area contributed by atoms with Gasteiger partial charge in [-0.3, -0.25) is 4.79 Å². The van der Waals surface area contributed by atoms with Gasteiger partial charge in [-0.05, 0) is 51.5 Å². The number of carbonyl (C=O) groups is 2. The zero-order valence-corrected chi connectivity index (χ0v) is 14.4. The Morgan fingerprint density at radius 1 is 1.22 bits per heavy atom. The molecule has 0 aliphatic carbocycles. The Morgan fingerprint density at radius 3 is 2.13 bits per heavy atom. The van der Waals surface area contributed by atoms with Gasteiger partial charge >= 0.3 is 5.97 Å². The first kappa shape index (κ1) is 19.1. The van der Waals surface area contributed by atoms with E-state index in [2.05, 4.69) is 10.0 Å². The zero-order chi connectivity index (χ0) is 17.8. The number of benzene rings is 1. The van der Waals surface area contributed by atoms with Crippen molar-refractivity contribution in [3.05, 3.63) is 29.8 Å². The Kier molecular flexibility index (Phi) is 5.90. The highest BCUT2D eigenvalue weighted by atomic mass is 32.2. The van der Waals surface area contributed by atoms with Crippen LogP contribution in [0.3, 0.4) is 0 Å². The summed E-state index contributed by atoms with van der Waals surface area (Å²) in [4.78, 5) is 23.4. The molecule has 0 spiro atoms. The van der Waals surface area contributed by atoms with Crippen molar-refractivity contribution < 1.29 is 23.1 Å². The molecule has 0 saturated carbocycles. The van der Waals surface area contributed by atoms with E-state index in [9.17, 15) is 18.0 Å². The number of rotatable bonds is 7. The molecule has 0 radical (unpaired) electrons. The lowest BCUT2D eigenvalue weighted by Gasteiger charge is -2.24. The number of aliphatic carboxylic acids is 1. The molecule has 1 atom stereocenters. The zero-order valence-electron chi connectivity index (χ0n) is 13.6. The van der Waals surface area contributed by atoms with Crippen molar-refractivity contribution in [2.24, 2.45) is 0 Å². The van der Waals surface area contributed by atoms with E-state index in [1.165, 1.54) is 31.2 Å². The van der Waals surface area contributed by atoms with Gasteiger partial charge in [0, 0.05) is 11.6 Å². The fourth-order valence-electron chi connectivity index (χ4n) is 1.78. The molecule has 0 aliphatic rings. The minimum Gasteiger partial charge on any atom is -0.480 e. The van der Waals surface area contributed by atoms with Gasteiger partial charge in [0.1, 0.15) is 5.54 Å². The van der Waals surface area contributed by atoms with Crippen LogP contribution in [0.4, 0.5) is 0 Å². The van der Waals surface area contributed by atoms with Crippen LogP contribution in [0, 0.1) is 0 Å². The van der Waals surface area contributed by atoms with Gasteiger partial charge in [0.05, 0.1) is 4.90 Å². The van der Waals surface area contributed by atoms with E-state index in [-0.39, 0.29) is 22.9 Å². The van der Waals surface area contributed by atoms with E-state index < -0.39 is 27.4 Å². The van der Waals surface area contributed by atoms with E-state index in [0.717, 1.165) is 0 Å². The van der Waals surface area contributed by atoms with Crippen LogP contribution in [0.5, 0.6) is 0 Å². The van der Waals surface area contributed by atoms with Gasteiger partial charge in [0.15, 0.2) is 0 Å². The largest absolute Gasteiger partial charge is 0.480 e. The topological polar surface area (TPSA) is 113 Å². The maximum Gasteiger partial charge on any atom is 0.329 e. The van der Waals surface area contributed by atoms with Crippen LogP contribution >= 0.6 is 0 Å². The standard InChI is InChI=1S/C15H22N2O5S/c1-5-15(4,14(19)20)16-13(18)11-6-8-12(9-7-11)23(21,22)17-10(2)3/h6-10,17H,5H2,1-4H3,(H,16,18)(H,19,20). The summed E-state index contributed by atoms with van der Waals surface area (Å²) in [5.41, 5.74) is -1.18. The van der Waals surface area contributed by atoms with E-state index >= 15 is 0 Å². The highest BCUT2D eigenvalue weighted by Gasteiger charge is 2.33. The van der Waals surface area contributed by atoms with Crippen molar-refractivity contribution in [3.63, 3.8) is 0 Å². The molecule has 23 heavy (non-hydrogen) atoms. The summed E-state index contributed by atoms with van der Waals surface area (Å²) in [5.74, 6) is -1.70. The third kappa shape index (κ3) is 4.77. The summed E-state index contributed by atoms with van der Waals surface area (Å²) in [6.07, 6.45) is 0.221. The summed E-state index contributed by atoms with van der Waals surface area (Å²) < 4.78 is 26.4. The number of carboxylic acids is 1. The van der Waals surface area contributed by atoms with Crippen molar-refractivity contribution in [1.82, 2.24) is 10.0 Å². The van der Waals surface area contributed by atoms with Crippen molar-refractivity contribution in [2.75, 3.05) is 0 Å². The summed E-state index contributed by atoms with van der Waals surface area (Å²) in [7, 11) is -3.63. The molecule has 0 aliphatic heterocycles. The number of carboxylic acid groups (broad SMARTS) is 1. The molecular formula is C15H22N2O5S. The Balaban J connectivity index is 2.97. The van der Waals surface area contributed by atoms with Crippen LogP contribution in [0.1, 0.15) is 44.5 Å². The first-order valence-electron chi connectivity index (χ1n) is 7.20. The predicted octanol–water partition coefficient (Wildman–Crippen LogP) is 1.36. The summed E-state index contributed by atoms with van der Waals surface area (Å²) in [5, 5.41) is 11.6. The average Bonchev–Trinajstić information content (AvgIpc) is 2.45.